The quantitative estimate of drug-likeness (QED) is 0.627. The summed E-state index contributed by atoms with van der Waals surface area (Å²) in [5, 5.41) is 23.8. The number of aliphatic hydroxyl groups is 1. The number of thiazole rings is 1. The Morgan fingerprint density at radius 3 is 3.21 bits per heavy atom. The second-order valence-electron chi connectivity index (χ2n) is 3.27. The van der Waals surface area contributed by atoms with Crippen molar-refractivity contribution in [2.24, 2.45) is 0 Å². The van der Waals surface area contributed by atoms with Crippen molar-refractivity contribution in [1.82, 2.24) is 10.3 Å². The van der Waals surface area contributed by atoms with E-state index in [1.165, 1.54) is 11.3 Å². The lowest BCUT2D eigenvalue weighted by atomic mass is 10.2. The van der Waals surface area contributed by atoms with Gasteiger partial charge in [-0.15, -0.1) is 11.3 Å². The van der Waals surface area contributed by atoms with Crippen LogP contribution in [0.1, 0.15) is 0 Å². The van der Waals surface area contributed by atoms with Crippen molar-refractivity contribution in [2.75, 3.05) is 31.1 Å². The highest BCUT2D eigenvalue weighted by atomic mass is 32.1. The fraction of sp³-hybridized carbons (Fsp3) is 0.625. The molecule has 1 aromatic rings. The van der Waals surface area contributed by atoms with E-state index in [9.17, 15) is 0 Å². The maximum Gasteiger partial charge on any atom is 0.223 e. The average molecular weight is 215 g/mol. The minimum Gasteiger partial charge on any atom is -0.493 e. The molecule has 3 N–H and O–H groups in total. The van der Waals surface area contributed by atoms with Crippen LogP contribution in [0.25, 0.3) is 0 Å². The smallest absolute Gasteiger partial charge is 0.223 e. The molecule has 1 aromatic heterocycles. The number of nitrogens with zero attached hydrogens (tertiary/aromatic N) is 2. The second kappa shape index (κ2) is 4.12. The molecule has 1 unspecified atom stereocenters. The van der Waals surface area contributed by atoms with Crippen LogP contribution in [0, 0.1) is 0 Å². The van der Waals surface area contributed by atoms with E-state index in [-0.39, 0.29) is 18.5 Å². The highest BCUT2D eigenvalue weighted by Crippen LogP contribution is 2.24. The van der Waals surface area contributed by atoms with Crippen molar-refractivity contribution in [2.45, 2.75) is 6.04 Å². The SMILES string of the molecule is OCC1CN(c2nc(O)cs2)CCN1. The first-order valence-electron chi connectivity index (χ1n) is 4.53. The number of piperazine rings is 1. The third-order valence-corrected chi connectivity index (χ3v) is 3.12. The van der Waals surface area contributed by atoms with Gasteiger partial charge in [0, 0.05) is 25.7 Å². The van der Waals surface area contributed by atoms with E-state index < -0.39 is 0 Å². The first-order valence-corrected chi connectivity index (χ1v) is 5.41. The van der Waals surface area contributed by atoms with Crippen molar-refractivity contribution in [3.05, 3.63) is 5.38 Å². The lowest BCUT2D eigenvalue weighted by Gasteiger charge is -2.32. The Kier molecular flexibility index (Phi) is 2.85. The van der Waals surface area contributed by atoms with E-state index in [2.05, 4.69) is 15.2 Å². The molecule has 1 fully saturated rings. The highest BCUT2D eigenvalue weighted by Gasteiger charge is 2.20. The van der Waals surface area contributed by atoms with Gasteiger partial charge in [0.25, 0.3) is 0 Å². The van der Waals surface area contributed by atoms with Crippen molar-refractivity contribution in [3.8, 4) is 5.88 Å². The second-order valence-corrected chi connectivity index (χ2v) is 4.10. The van der Waals surface area contributed by atoms with Gasteiger partial charge in [0.05, 0.1) is 12.0 Å². The van der Waals surface area contributed by atoms with Crippen LogP contribution in [0.4, 0.5) is 5.13 Å². The first kappa shape index (κ1) is 9.70. The fourth-order valence-corrected chi connectivity index (χ4v) is 2.25. The van der Waals surface area contributed by atoms with E-state index in [1.54, 1.807) is 5.38 Å². The van der Waals surface area contributed by atoms with Crippen LogP contribution in [-0.4, -0.2) is 47.5 Å². The van der Waals surface area contributed by atoms with Crippen LogP contribution in [0.2, 0.25) is 0 Å². The van der Waals surface area contributed by atoms with Crippen molar-refractivity contribution >= 4 is 16.5 Å². The Morgan fingerprint density at radius 2 is 2.57 bits per heavy atom. The van der Waals surface area contributed by atoms with E-state index in [4.69, 9.17) is 10.2 Å². The van der Waals surface area contributed by atoms with Crippen molar-refractivity contribution in [3.63, 3.8) is 0 Å². The molecule has 2 rings (SSSR count). The molecule has 2 heterocycles. The largest absolute Gasteiger partial charge is 0.493 e. The Bertz CT molecular complexity index is 305. The van der Waals surface area contributed by atoms with Crippen LogP contribution >= 0.6 is 11.3 Å². The van der Waals surface area contributed by atoms with Gasteiger partial charge in [0.1, 0.15) is 0 Å². The molecular weight excluding hydrogens is 202 g/mol. The summed E-state index contributed by atoms with van der Waals surface area (Å²) in [6.45, 7) is 2.58. The Labute approximate surface area is 86.0 Å². The number of hydrogen-bond donors (Lipinski definition) is 3. The summed E-state index contributed by atoms with van der Waals surface area (Å²) in [5.74, 6) is 0.0732. The molecule has 0 aliphatic carbocycles. The zero-order valence-corrected chi connectivity index (χ0v) is 8.50. The normalized spacial score (nSPS) is 22.6. The molecule has 0 amide bonds. The lowest BCUT2D eigenvalue weighted by Crippen LogP contribution is -2.52. The van der Waals surface area contributed by atoms with Crippen molar-refractivity contribution < 1.29 is 10.2 Å². The molecule has 0 radical (unpaired) electrons. The van der Waals surface area contributed by atoms with Gasteiger partial charge in [-0.2, -0.15) is 4.98 Å². The maximum absolute atomic E-state index is 9.11. The van der Waals surface area contributed by atoms with Crippen LogP contribution in [-0.2, 0) is 0 Å². The van der Waals surface area contributed by atoms with E-state index >= 15 is 0 Å². The number of nitrogens with one attached hydrogen (secondary N) is 1. The fourth-order valence-electron chi connectivity index (χ4n) is 1.52. The van der Waals surface area contributed by atoms with Gasteiger partial charge >= 0.3 is 0 Å². The number of anilines is 1. The van der Waals surface area contributed by atoms with Gasteiger partial charge in [-0.25, -0.2) is 0 Å². The van der Waals surface area contributed by atoms with Gasteiger partial charge in [0.2, 0.25) is 5.88 Å². The maximum atomic E-state index is 9.11. The van der Waals surface area contributed by atoms with Gasteiger partial charge in [-0.3, -0.25) is 0 Å². The van der Waals surface area contributed by atoms with E-state index in [1.807, 2.05) is 0 Å². The molecule has 1 aliphatic heterocycles. The first-order chi connectivity index (χ1) is 6.79. The number of aliphatic hydroxyl groups excluding tert-OH is 1. The summed E-state index contributed by atoms with van der Waals surface area (Å²) in [5.41, 5.74) is 0. The van der Waals surface area contributed by atoms with Crippen molar-refractivity contribution in [1.29, 1.82) is 0 Å². The zero-order valence-electron chi connectivity index (χ0n) is 7.68. The third kappa shape index (κ3) is 1.97. The summed E-state index contributed by atoms with van der Waals surface area (Å²) in [6, 6.07) is 0.106. The van der Waals surface area contributed by atoms with Crippen LogP contribution in [0.5, 0.6) is 5.88 Å². The summed E-state index contributed by atoms with van der Waals surface area (Å²) < 4.78 is 0. The molecule has 1 saturated heterocycles. The molecule has 6 heteroatoms. The Hall–Kier alpha value is -0.850. The molecule has 5 nitrogen and oxygen atoms in total. The summed E-state index contributed by atoms with van der Waals surface area (Å²) >= 11 is 1.42. The minimum absolute atomic E-state index is 0.0732. The lowest BCUT2D eigenvalue weighted by molar-refractivity contribution is 0.235. The van der Waals surface area contributed by atoms with Gasteiger partial charge in [-0.05, 0) is 0 Å². The predicted octanol–water partition coefficient (Wildman–Crippen LogP) is -0.381. The molecule has 78 valence electrons. The third-order valence-electron chi connectivity index (χ3n) is 2.23. The summed E-state index contributed by atoms with van der Waals surface area (Å²) in [4.78, 5) is 6.06. The van der Waals surface area contributed by atoms with Gasteiger partial charge in [0.15, 0.2) is 5.13 Å². The van der Waals surface area contributed by atoms with Crippen LogP contribution in [0.15, 0.2) is 5.38 Å². The number of aromatic nitrogens is 1. The predicted molar refractivity (Wildman–Crippen MR) is 54.9 cm³/mol. The molecule has 1 aliphatic rings. The standard InChI is InChI=1S/C8H13N3O2S/c12-4-6-3-11(2-1-9-6)8-10-7(13)5-14-8/h5-6,9,12-13H,1-4H2. The van der Waals surface area contributed by atoms with E-state index in [0.29, 0.717) is 0 Å². The molecule has 14 heavy (non-hydrogen) atoms. The molecule has 0 bridgehead atoms. The Balaban J connectivity index is 2.04. The molecular formula is C8H13N3O2S. The summed E-state index contributed by atoms with van der Waals surface area (Å²) in [6.07, 6.45) is 0. The minimum atomic E-state index is 0.0732. The highest BCUT2D eigenvalue weighted by molar-refractivity contribution is 7.13. The molecule has 1 atom stereocenters. The van der Waals surface area contributed by atoms with Crippen LogP contribution in [0.3, 0.4) is 0 Å². The molecule has 0 aromatic carbocycles. The van der Waals surface area contributed by atoms with Crippen LogP contribution < -0.4 is 10.2 Å². The molecule has 0 spiro atoms. The zero-order chi connectivity index (χ0) is 9.97. The topological polar surface area (TPSA) is 68.6 Å². The Morgan fingerprint density at radius 1 is 1.71 bits per heavy atom. The van der Waals surface area contributed by atoms with E-state index in [0.717, 1.165) is 24.8 Å². The number of rotatable bonds is 2. The number of aromatic hydroxyl groups is 1. The monoisotopic (exact) mass is 215 g/mol. The average Bonchev–Trinajstić information content (AvgIpc) is 2.65. The van der Waals surface area contributed by atoms with Gasteiger partial charge < -0.3 is 20.4 Å². The molecule has 0 saturated carbocycles. The van der Waals surface area contributed by atoms with Gasteiger partial charge in [-0.1, -0.05) is 0 Å². The number of hydrogen-bond acceptors (Lipinski definition) is 6. The summed E-state index contributed by atoms with van der Waals surface area (Å²) in [7, 11) is 0.